The Morgan fingerprint density at radius 2 is 2.12 bits per heavy atom. The van der Waals surface area contributed by atoms with E-state index in [9.17, 15) is 4.79 Å². The van der Waals surface area contributed by atoms with Crippen LogP contribution in [0.5, 0.6) is 5.75 Å². The van der Waals surface area contributed by atoms with E-state index in [1.54, 1.807) is 18.2 Å². The van der Waals surface area contributed by atoms with Gasteiger partial charge in [0.25, 0.3) is 5.91 Å². The maximum absolute atomic E-state index is 11.4. The predicted octanol–water partition coefficient (Wildman–Crippen LogP) is 3.14. The molecule has 0 saturated heterocycles. The standard InChI is InChI=1S/C12H15Cl2NO2/c1-8(2)6-15-12(16)7-17-11-4-3-9(13)5-10(11)14/h3-5,8H,6-7H2,1-2H3,(H,15,16). The molecule has 0 fully saturated rings. The predicted molar refractivity (Wildman–Crippen MR) is 69.8 cm³/mol. The Kier molecular flexibility index (Phi) is 5.59. The molecule has 0 unspecified atom stereocenters. The highest BCUT2D eigenvalue weighted by Gasteiger charge is 2.06. The third-order valence-corrected chi connectivity index (χ3v) is 2.49. The molecule has 3 nitrogen and oxygen atoms in total. The first-order chi connectivity index (χ1) is 7.99. The first kappa shape index (κ1) is 14.1. The van der Waals surface area contributed by atoms with E-state index in [1.807, 2.05) is 13.8 Å². The van der Waals surface area contributed by atoms with Crippen LogP contribution >= 0.6 is 23.2 Å². The number of nitrogens with one attached hydrogen (secondary N) is 1. The average Bonchev–Trinajstić information content (AvgIpc) is 2.25. The molecule has 0 bridgehead atoms. The Balaban J connectivity index is 2.42. The van der Waals surface area contributed by atoms with Crippen LogP contribution in [0.1, 0.15) is 13.8 Å². The first-order valence-corrected chi connectivity index (χ1v) is 6.09. The number of benzene rings is 1. The summed E-state index contributed by atoms with van der Waals surface area (Å²) in [7, 11) is 0. The number of hydrogen-bond donors (Lipinski definition) is 1. The molecule has 0 saturated carbocycles. The van der Waals surface area contributed by atoms with Gasteiger partial charge >= 0.3 is 0 Å². The molecule has 0 radical (unpaired) electrons. The summed E-state index contributed by atoms with van der Waals surface area (Å²) >= 11 is 11.6. The number of hydrogen-bond acceptors (Lipinski definition) is 2. The minimum absolute atomic E-state index is 0.0475. The van der Waals surface area contributed by atoms with E-state index in [2.05, 4.69) is 5.32 Å². The lowest BCUT2D eigenvalue weighted by atomic mass is 10.2. The van der Waals surface area contributed by atoms with Crippen molar-refractivity contribution in [2.24, 2.45) is 5.92 Å². The van der Waals surface area contributed by atoms with Crippen molar-refractivity contribution in [2.75, 3.05) is 13.2 Å². The Morgan fingerprint density at radius 1 is 1.41 bits per heavy atom. The second-order valence-corrected chi connectivity index (χ2v) is 4.90. The number of carbonyl (C=O) groups is 1. The van der Waals surface area contributed by atoms with Crippen molar-refractivity contribution in [1.82, 2.24) is 5.32 Å². The van der Waals surface area contributed by atoms with Crippen LogP contribution in [-0.2, 0) is 4.79 Å². The smallest absolute Gasteiger partial charge is 0.257 e. The van der Waals surface area contributed by atoms with Gasteiger partial charge in [-0.15, -0.1) is 0 Å². The van der Waals surface area contributed by atoms with Crippen LogP contribution in [0, 0.1) is 5.92 Å². The Bertz CT molecular complexity index is 394. The average molecular weight is 276 g/mol. The highest BCUT2D eigenvalue weighted by Crippen LogP contribution is 2.27. The van der Waals surface area contributed by atoms with Gasteiger partial charge in [-0.2, -0.15) is 0 Å². The van der Waals surface area contributed by atoms with Gasteiger partial charge in [0.15, 0.2) is 6.61 Å². The molecule has 5 heteroatoms. The molecule has 17 heavy (non-hydrogen) atoms. The van der Waals surface area contributed by atoms with Crippen LogP contribution in [0.4, 0.5) is 0 Å². The molecule has 0 spiro atoms. The molecule has 1 aromatic rings. The number of halogens is 2. The Hall–Kier alpha value is -0.930. The third kappa shape index (κ3) is 5.29. The van der Waals surface area contributed by atoms with Crippen molar-refractivity contribution in [1.29, 1.82) is 0 Å². The van der Waals surface area contributed by atoms with Crippen molar-refractivity contribution in [3.63, 3.8) is 0 Å². The molecule has 0 aromatic heterocycles. The van der Waals surface area contributed by atoms with Crippen LogP contribution in [-0.4, -0.2) is 19.1 Å². The van der Waals surface area contributed by atoms with Gasteiger partial charge in [-0.3, -0.25) is 4.79 Å². The lowest BCUT2D eigenvalue weighted by molar-refractivity contribution is -0.123. The lowest BCUT2D eigenvalue weighted by Gasteiger charge is -2.10. The summed E-state index contributed by atoms with van der Waals surface area (Å²) in [5, 5.41) is 3.68. The highest BCUT2D eigenvalue weighted by atomic mass is 35.5. The monoisotopic (exact) mass is 275 g/mol. The highest BCUT2D eigenvalue weighted by molar-refractivity contribution is 6.35. The van der Waals surface area contributed by atoms with Crippen LogP contribution in [0.3, 0.4) is 0 Å². The number of amides is 1. The molecule has 1 aromatic carbocycles. The normalized spacial score (nSPS) is 10.4. The topological polar surface area (TPSA) is 38.3 Å². The van der Waals surface area contributed by atoms with Gasteiger partial charge < -0.3 is 10.1 Å². The molecule has 94 valence electrons. The van der Waals surface area contributed by atoms with E-state index in [0.717, 1.165) is 0 Å². The second kappa shape index (κ2) is 6.72. The molecule has 1 amide bonds. The SMILES string of the molecule is CC(C)CNC(=O)COc1ccc(Cl)cc1Cl. The van der Waals surface area contributed by atoms with Crippen molar-refractivity contribution >= 4 is 29.1 Å². The molecule has 0 heterocycles. The van der Waals surface area contributed by atoms with Gasteiger partial charge in [-0.25, -0.2) is 0 Å². The molecule has 1 rings (SSSR count). The molecule has 1 N–H and O–H groups in total. The summed E-state index contributed by atoms with van der Waals surface area (Å²) in [5.74, 6) is 0.707. The van der Waals surface area contributed by atoms with Gasteiger partial charge in [0, 0.05) is 11.6 Å². The summed E-state index contributed by atoms with van der Waals surface area (Å²) < 4.78 is 5.28. The minimum Gasteiger partial charge on any atom is -0.482 e. The molecule has 0 aliphatic heterocycles. The Labute approximate surface area is 111 Å². The van der Waals surface area contributed by atoms with Crippen molar-refractivity contribution in [3.8, 4) is 5.75 Å². The van der Waals surface area contributed by atoms with E-state index in [-0.39, 0.29) is 12.5 Å². The van der Waals surface area contributed by atoms with Crippen LogP contribution in [0.15, 0.2) is 18.2 Å². The molecular formula is C12H15Cl2NO2. The number of carbonyl (C=O) groups excluding carboxylic acids is 1. The quantitative estimate of drug-likeness (QED) is 0.897. The minimum atomic E-state index is -0.162. The van der Waals surface area contributed by atoms with Crippen molar-refractivity contribution in [2.45, 2.75) is 13.8 Å². The fraction of sp³-hybridized carbons (Fsp3) is 0.417. The summed E-state index contributed by atoms with van der Waals surface area (Å²) in [6.07, 6.45) is 0. The van der Waals surface area contributed by atoms with Crippen molar-refractivity contribution < 1.29 is 9.53 Å². The van der Waals surface area contributed by atoms with Gasteiger partial charge in [-0.1, -0.05) is 37.0 Å². The van der Waals surface area contributed by atoms with Crippen LogP contribution in [0.25, 0.3) is 0 Å². The van der Waals surface area contributed by atoms with E-state index < -0.39 is 0 Å². The zero-order valence-corrected chi connectivity index (χ0v) is 11.3. The lowest BCUT2D eigenvalue weighted by Crippen LogP contribution is -2.31. The largest absolute Gasteiger partial charge is 0.482 e. The second-order valence-electron chi connectivity index (χ2n) is 4.06. The Morgan fingerprint density at radius 3 is 2.71 bits per heavy atom. The third-order valence-electron chi connectivity index (χ3n) is 1.96. The number of rotatable bonds is 5. The van der Waals surface area contributed by atoms with Gasteiger partial charge in [0.1, 0.15) is 5.75 Å². The fourth-order valence-electron chi connectivity index (χ4n) is 1.10. The molecule has 0 aliphatic rings. The maximum atomic E-state index is 11.4. The maximum Gasteiger partial charge on any atom is 0.257 e. The first-order valence-electron chi connectivity index (χ1n) is 5.33. The van der Waals surface area contributed by atoms with Gasteiger partial charge in [0.05, 0.1) is 5.02 Å². The van der Waals surface area contributed by atoms with E-state index in [1.165, 1.54) is 0 Å². The van der Waals surface area contributed by atoms with Gasteiger partial charge in [0.2, 0.25) is 0 Å². The molecular weight excluding hydrogens is 261 g/mol. The zero-order chi connectivity index (χ0) is 12.8. The summed E-state index contributed by atoms with van der Waals surface area (Å²) in [6.45, 7) is 4.64. The van der Waals surface area contributed by atoms with Gasteiger partial charge in [-0.05, 0) is 24.1 Å². The van der Waals surface area contributed by atoms with E-state index in [4.69, 9.17) is 27.9 Å². The van der Waals surface area contributed by atoms with Crippen LogP contribution < -0.4 is 10.1 Å². The fourth-order valence-corrected chi connectivity index (χ4v) is 1.57. The van der Waals surface area contributed by atoms with Crippen LogP contribution in [0.2, 0.25) is 10.0 Å². The number of ether oxygens (including phenoxy) is 1. The molecule has 0 atom stereocenters. The summed E-state index contributed by atoms with van der Waals surface area (Å²) in [6, 6.07) is 4.87. The van der Waals surface area contributed by atoms with E-state index in [0.29, 0.717) is 28.3 Å². The zero-order valence-electron chi connectivity index (χ0n) is 9.80. The van der Waals surface area contributed by atoms with Crippen molar-refractivity contribution in [3.05, 3.63) is 28.2 Å². The summed E-state index contributed by atoms with van der Waals surface area (Å²) in [5.41, 5.74) is 0. The van der Waals surface area contributed by atoms with E-state index >= 15 is 0 Å². The molecule has 0 aliphatic carbocycles. The summed E-state index contributed by atoms with van der Waals surface area (Å²) in [4.78, 5) is 11.4.